The molecule has 0 aliphatic carbocycles. The van der Waals surface area contributed by atoms with Crippen LogP contribution in [0.15, 0.2) is 66.7 Å². The lowest BCUT2D eigenvalue weighted by Crippen LogP contribution is -2.44. The molecule has 0 spiro atoms. The summed E-state index contributed by atoms with van der Waals surface area (Å²) in [6, 6.07) is 19.3. The quantitative estimate of drug-likeness (QED) is 0.436. The maximum Gasteiger partial charge on any atom is 0.293 e. The molecule has 3 aromatic carbocycles. The summed E-state index contributed by atoms with van der Waals surface area (Å²) in [5.41, 5.74) is 2.44. The highest BCUT2D eigenvalue weighted by Crippen LogP contribution is 2.30. The van der Waals surface area contributed by atoms with Crippen LogP contribution in [0.25, 0.3) is 0 Å². The number of carbonyl (C=O) groups excluding carboxylic acids is 1. The zero-order chi connectivity index (χ0) is 23.4. The number of piperazine rings is 1. The number of nitro benzene ring substituents is 1. The maximum atomic E-state index is 12.7. The smallest absolute Gasteiger partial charge is 0.293 e. The van der Waals surface area contributed by atoms with Gasteiger partial charge in [-0.3, -0.25) is 14.9 Å². The second-order valence-electron chi connectivity index (χ2n) is 8.14. The molecule has 0 radical (unpaired) electrons. The van der Waals surface area contributed by atoms with Crippen LogP contribution in [0.2, 0.25) is 0 Å². The molecule has 8 nitrogen and oxygen atoms in total. The van der Waals surface area contributed by atoms with Crippen molar-refractivity contribution in [1.29, 1.82) is 0 Å². The van der Waals surface area contributed by atoms with E-state index in [1.165, 1.54) is 6.07 Å². The van der Waals surface area contributed by atoms with E-state index >= 15 is 0 Å². The van der Waals surface area contributed by atoms with E-state index in [1.54, 1.807) is 36.4 Å². The summed E-state index contributed by atoms with van der Waals surface area (Å²) in [6.45, 7) is 5.10. The summed E-state index contributed by atoms with van der Waals surface area (Å²) in [7, 11) is 2.03. The Kier molecular flexibility index (Phi) is 6.55. The van der Waals surface area contributed by atoms with E-state index in [9.17, 15) is 14.9 Å². The zero-order valence-corrected chi connectivity index (χ0v) is 18.7. The molecule has 4 rings (SSSR count). The van der Waals surface area contributed by atoms with E-state index in [2.05, 4.69) is 10.2 Å². The van der Waals surface area contributed by atoms with Crippen LogP contribution in [0.5, 0.6) is 11.5 Å². The molecular formula is C25H26N4O4. The molecule has 3 aromatic rings. The Morgan fingerprint density at radius 2 is 1.55 bits per heavy atom. The van der Waals surface area contributed by atoms with Crippen molar-refractivity contribution in [2.24, 2.45) is 0 Å². The first kappa shape index (κ1) is 22.3. The Hall–Kier alpha value is -3.91. The fraction of sp³-hybridized carbons (Fsp3) is 0.240. The van der Waals surface area contributed by atoms with E-state index in [0.717, 1.165) is 24.4 Å². The van der Waals surface area contributed by atoms with E-state index in [1.807, 2.05) is 43.1 Å². The minimum absolute atomic E-state index is 0.0611. The molecule has 170 valence electrons. The number of hydrogen-bond acceptors (Lipinski definition) is 6. The predicted molar refractivity (Wildman–Crippen MR) is 128 cm³/mol. The number of carbonyl (C=O) groups is 1. The Morgan fingerprint density at radius 3 is 2.15 bits per heavy atom. The van der Waals surface area contributed by atoms with Gasteiger partial charge in [0.05, 0.1) is 4.92 Å². The van der Waals surface area contributed by atoms with Gasteiger partial charge in [-0.05, 0) is 62.5 Å². The van der Waals surface area contributed by atoms with Crippen LogP contribution < -0.4 is 15.0 Å². The van der Waals surface area contributed by atoms with Gasteiger partial charge in [0.2, 0.25) is 0 Å². The molecule has 1 aliphatic rings. The molecule has 0 unspecified atom stereocenters. The highest BCUT2D eigenvalue weighted by atomic mass is 16.6. The summed E-state index contributed by atoms with van der Waals surface area (Å²) in [5, 5.41) is 14.5. The van der Waals surface area contributed by atoms with Gasteiger partial charge in [-0.2, -0.15) is 0 Å². The van der Waals surface area contributed by atoms with Crippen LogP contribution in [-0.4, -0.2) is 49.0 Å². The topological polar surface area (TPSA) is 88.0 Å². The maximum absolute atomic E-state index is 12.7. The number of likely N-dealkylation sites (N-methyl/N-ethyl adjacent to an activating group) is 1. The van der Waals surface area contributed by atoms with Crippen LogP contribution in [0.4, 0.5) is 17.1 Å². The Morgan fingerprint density at radius 1 is 0.939 bits per heavy atom. The molecule has 0 atom stereocenters. The lowest BCUT2D eigenvalue weighted by atomic mass is 10.1. The highest BCUT2D eigenvalue weighted by molar-refractivity contribution is 6.05. The van der Waals surface area contributed by atoms with Crippen LogP contribution in [0, 0.1) is 17.0 Å². The van der Waals surface area contributed by atoms with Gasteiger partial charge >= 0.3 is 0 Å². The average Bonchev–Trinajstić information content (AvgIpc) is 2.82. The molecule has 1 saturated heterocycles. The third kappa shape index (κ3) is 5.48. The third-order valence-corrected chi connectivity index (χ3v) is 5.65. The van der Waals surface area contributed by atoms with Crippen molar-refractivity contribution < 1.29 is 14.5 Å². The van der Waals surface area contributed by atoms with Crippen molar-refractivity contribution in [3.63, 3.8) is 0 Å². The van der Waals surface area contributed by atoms with Gasteiger partial charge in [0.1, 0.15) is 17.2 Å². The van der Waals surface area contributed by atoms with Gasteiger partial charge in [0.15, 0.2) is 0 Å². The highest BCUT2D eigenvalue weighted by Gasteiger charge is 2.24. The lowest BCUT2D eigenvalue weighted by Gasteiger charge is -2.33. The van der Waals surface area contributed by atoms with E-state index in [0.29, 0.717) is 30.2 Å². The second-order valence-corrected chi connectivity index (χ2v) is 8.14. The molecule has 1 heterocycles. The van der Waals surface area contributed by atoms with Crippen molar-refractivity contribution in [3.8, 4) is 11.5 Å². The summed E-state index contributed by atoms with van der Waals surface area (Å²) in [6.07, 6.45) is 0. The number of ether oxygens (including phenoxy) is 1. The summed E-state index contributed by atoms with van der Waals surface area (Å²) < 4.78 is 5.80. The van der Waals surface area contributed by atoms with Crippen molar-refractivity contribution >= 4 is 23.0 Å². The van der Waals surface area contributed by atoms with Gasteiger partial charge in [0.25, 0.3) is 11.6 Å². The fourth-order valence-electron chi connectivity index (χ4n) is 3.68. The first-order valence-electron chi connectivity index (χ1n) is 10.8. The number of nitro groups is 1. The molecule has 1 amide bonds. The molecule has 1 fully saturated rings. The van der Waals surface area contributed by atoms with Gasteiger partial charge in [0, 0.05) is 43.5 Å². The molecule has 33 heavy (non-hydrogen) atoms. The number of nitrogens with zero attached hydrogens (tertiary/aromatic N) is 3. The predicted octanol–water partition coefficient (Wildman–Crippen LogP) is 4.70. The van der Waals surface area contributed by atoms with Gasteiger partial charge in [-0.15, -0.1) is 0 Å². The summed E-state index contributed by atoms with van der Waals surface area (Å²) in [5.74, 6) is 0.962. The lowest BCUT2D eigenvalue weighted by molar-refractivity contribution is -0.384. The number of anilines is 2. The largest absolute Gasteiger partial charge is 0.457 e. The standard InChI is InChI=1S/C25H26N4O4/c1-18-3-8-21(9-4-18)33-22-10-6-20(7-11-22)26-25(30)19-5-12-23(24(17-19)29(31)32)28-15-13-27(2)14-16-28/h3-12,17H,13-16H2,1-2H3,(H,26,30). The molecule has 1 aliphatic heterocycles. The summed E-state index contributed by atoms with van der Waals surface area (Å²) >= 11 is 0. The van der Waals surface area contributed by atoms with E-state index < -0.39 is 10.8 Å². The van der Waals surface area contributed by atoms with Crippen molar-refractivity contribution in [1.82, 2.24) is 4.90 Å². The number of rotatable bonds is 6. The van der Waals surface area contributed by atoms with Crippen LogP contribution in [-0.2, 0) is 0 Å². The fourth-order valence-corrected chi connectivity index (χ4v) is 3.68. The summed E-state index contributed by atoms with van der Waals surface area (Å²) in [4.78, 5) is 28.2. The average molecular weight is 447 g/mol. The molecule has 0 bridgehead atoms. The van der Waals surface area contributed by atoms with Crippen LogP contribution >= 0.6 is 0 Å². The molecular weight excluding hydrogens is 420 g/mol. The van der Waals surface area contributed by atoms with Crippen molar-refractivity contribution in [2.75, 3.05) is 43.4 Å². The first-order chi connectivity index (χ1) is 15.9. The molecule has 1 N–H and O–H groups in total. The Balaban J connectivity index is 1.45. The molecule has 0 aromatic heterocycles. The Labute approximate surface area is 192 Å². The number of hydrogen-bond donors (Lipinski definition) is 1. The SMILES string of the molecule is Cc1ccc(Oc2ccc(NC(=O)c3ccc(N4CCN(C)CC4)c([N+](=O)[O-])c3)cc2)cc1. The van der Waals surface area contributed by atoms with Crippen LogP contribution in [0.3, 0.4) is 0 Å². The minimum atomic E-state index is -0.429. The van der Waals surface area contributed by atoms with E-state index in [4.69, 9.17) is 4.74 Å². The normalized spacial score (nSPS) is 14.1. The van der Waals surface area contributed by atoms with Crippen LogP contribution in [0.1, 0.15) is 15.9 Å². The number of aryl methyl sites for hydroxylation is 1. The molecule has 0 saturated carbocycles. The Bertz CT molecular complexity index is 1140. The van der Waals surface area contributed by atoms with E-state index in [-0.39, 0.29) is 11.3 Å². The minimum Gasteiger partial charge on any atom is -0.457 e. The van der Waals surface area contributed by atoms with Crippen molar-refractivity contribution in [3.05, 3.63) is 88.0 Å². The number of benzene rings is 3. The third-order valence-electron chi connectivity index (χ3n) is 5.65. The van der Waals surface area contributed by atoms with Crippen molar-refractivity contribution in [2.45, 2.75) is 6.92 Å². The molecule has 8 heteroatoms. The second kappa shape index (κ2) is 9.70. The first-order valence-corrected chi connectivity index (χ1v) is 10.8. The number of nitrogens with one attached hydrogen (secondary N) is 1. The number of amides is 1. The van der Waals surface area contributed by atoms with Gasteiger partial charge in [-0.1, -0.05) is 17.7 Å². The van der Waals surface area contributed by atoms with Gasteiger partial charge < -0.3 is 19.9 Å². The zero-order valence-electron chi connectivity index (χ0n) is 18.7. The monoisotopic (exact) mass is 446 g/mol. The van der Waals surface area contributed by atoms with Gasteiger partial charge in [-0.25, -0.2) is 0 Å².